The summed E-state index contributed by atoms with van der Waals surface area (Å²) in [5.74, 6) is -3.65. The largest absolute Gasteiger partial charge is 0.471 e. The molecule has 27 heavy (non-hydrogen) atoms. The van der Waals surface area contributed by atoms with Crippen molar-refractivity contribution in [3.8, 4) is 11.4 Å². The molecule has 2 unspecified atom stereocenters. The first-order valence-corrected chi connectivity index (χ1v) is 9.98. The lowest BCUT2D eigenvalue weighted by Gasteiger charge is -2.19. The van der Waals surface area contributed by atoms with Crippen molar-refractivity contribution in [3.63, 3.8) is 0 Å². The SMILES string of the molecule is CS(=O)(=O)NC(c1ccc(-c2noc(C(F)(F)F)n2)c(F)c1)C1CC1(Cl)Cl. The third kappa shape index (κ3) is 4.53. The van der Waals surface area contributed by atoms with Gasteiger partial charge in [0.15, 0.2) is 0 Å². The van der Waals surface area contributed by atoms with E-state index >= 15 is 0 Å². The molecule has 148 valence electrons. The van der Waals surface area contributed by atoms with Crippen LogP contribution in [0, 0.1) is 11.7 Å². The number of rotatable bonds is 5. The predicted octanol–water partition coefficient (Wildman–Crippen LogP) is 3.68. The summed E-state index contributed by atoms with van der Waals surface area (Å²) in [6.07, 6.45) is -3.65. The molecule has 0 saturated heterocycles. The van der Waals surface area contributed by atoms with Crippen LogP contribution in [0.3, 0.4) is 0 Å². The normalized spacial score (nSPS) is 20.5. The highest BCUT2D eigenvalue weighted by atomic mass is 35.5. The smallest absolute Gasteiger partial charge is 0.329 e. The van der Waals surface area contributed by atoms with Crippen LogP contribution in [0.5, 0.6) is 0 Å². The van der Waals surface area contributed by atoms with E-state index in [4.69, 9.17) is 23.2 Å². The lowest BCUT2D eigenvalue weighted by molar-refractivity contribution is -0.159. The molecule has 0 radical (unpaired) electrons. The molecule has 1 aliphatic carbocycles. The Labute approximate surface area is 160 Å². The van der Waals surface area contributed by atoms with Crippen LogP contribution in [-0.4, -0.2) is 29.1 Å². The minimum Gasteiger partial charge on any atom is -0.329 e. The highest BCUT2D eigenvalue weighted by Gasteiger charge is 2.56. The standard InChI is InChI=1S/C14H11Cl2F4N3O3S/c1-27(24,25)23-10(8-5-13(8,15)16)6-2-3-7(9(17)4-6)11-21-12(26-22-11)14(18,19)20/h2-4,8,10,23H,5H2,1H3. The summed E-state index contributed by atoms with van der Waals surface area (Å²) in [7, 11) is -3.67. The fourth-order valence-electron chi connectivity index (χ4n) is 2.56. The Morgan fingerprint density at radius 1 is 1.37 bits per heavy atom. The zero-order chi connectivity index (χ0) is 20.2. The first-order chi connectivity index (χ1) is 12.3. The van der Waals surface area contributed by atoms with Gasteiger partial charge in [0.25, 0.3) is 0 Å². The van der Waals surface area contributed by atoms with Crippen LogP contribution in [0.25, 0.3) is 11.4 Å². The maximum Gasteiger partial charge on any atom is 0.471 e. The summed E-state index contributed by atoms with van der Waals surface area (Å²) < 4.78 is 80.5. The minimum absolute atomic E-state index is 0.203. The van der Waals surface area contributed by atoms with Gasteiger partial charge < -0.3 is 4.52 Å². The van der Waals surface area contributed by atoms with Crippen LogP contribution in [0.1, 0.15) is 23.9 Å². The van der Waals surface area contributed by atoms with Crippen LogP contribution in [0.2, 0.25) is 0 Å². The van der Waals surface area contributed by atoms with Crippen LogP contribution < -0.4 is 4.72 Å². The second-order valence-corrected chi connectivity index (χ2v) is 9.42. The van der Waals surface area contributed by atoms with Gasteiger partial charge in [0.05, 0.1) is 17.9 Å². The lowest BCUT2D eigenvalue weighted by Crippen LogP contribution is -2.30. The number of hydrogen-bond donors (Lipinski definition) is 1. The fraction of sp³-hybridized carbons (Fsp3) is 0.429. The number of nitrogens with one attached hydrogen (secondary N) is 1. The Balaban J connectivity index is 1.94. The van der Waals surface area contributed by atoms with Gasteiger partial charge in [-0.15, -0.1) is 23.2 Å². The Kier molecular flexibility index (Phi) is 4.94. The van der Waals surface area contributed by atoms with Gasteiger partial charge in [-0.25, -0.2) is 17.5 Å². The molecule has 1 saturated carbocycles. The van der Waals surface area contributed by atoms with Crippen LogP contribution in [0.4, 0.5) is 17.6 Å². The minimum atomic E-state index is -4.86. The van der Waals surface area contributed by atoms with Crippen molar-refractivity contribution in [2.75, 3.05) is 6.26 Å². The van der Waals surface area contributed by atoms with Crippen molar-refractivity contribution in [3.05, 3.63) is 35.5 Å². The van der Waals surface area contributed by atoms with Crippen molar-refractivity contribution in [2.24, 2.45) is 5.92 Å². The summed E-state index contributed by atoms with van der Waals surface area (Å²) in [5, 5.41) is 3.12. The molecule has 2 atom stereocenters. The van der Waals surface area contributed by atoms with E-state index in [0.29, 0.717) is 0 Å². The Morgan fingerprint density at radius 2 is 2.00 bits per heavy atom. The van der Waals surface area contributed by atoms with Gasteiger partial charge >= 0.3 is 12.1 Å². The molecule has 1 N–H and O–H groups in total. The van der Waals surface area contributed by atoms with Gasteiger partial charge in [0.1, 0.15) is 10.2 Å². The monoisotopic (exact) mass is 447 g/mol. The molecule has 1 heterocycles. The van der Waals surface area contributed by atoms with E-state index in [1.54, 1.807) is 0 Å². The maximum absolute atomic E-state index is 14.5. The van der Waals surface area contributed by atoms with Crippen LogP contribution in [0.15, 0.2) is 22.7 Å². The molecular formula is C14H11Cl2F4N3O3S. The summed E-state index contributed by atoms with van der Waals surface area (Å²) in [4.78, 5) is 3.12. The molecule has 13 heteroatoms. The lowest BCUT2D eigenvalue weighted by atomic mass is 10.0. The zero-order valence-corrected chi connectivity index (χ0v) is 15.7. The number of aromatic nitrogens is 2. The average Bonchev–Trinajstić information content (AvgIpc) is 2.94. The average molecular weight is 448 g/mol. The zero-order valence-electron chi connectivity index (χ0n) is 13.4. The molecule has 0 aliphatic heterocycles. The van der Waals surface area contributed by atoms with Crippen molar-refractivity contribution in [2.45, 2.75) is 23.0 Å². The van der Waals surface area contributed by atoms with Crippen LogP contribution in [-0.2, 0) is 16.2 Å². The summed E-state index contributed by atoms with van der Waals surface area (Å²) in [6, 6.07) is 2.51. The number of nitrogens with zero attached hydrogens (tertiary/aromatic N) is 2. The van der Waals surface area contributed by atoms with E-state index in [1.165, 1.54) is 6.07 Å². The number of sulfonamides is 1. The molecule has 0 amide bonds. The van der Waals surface area contributed by atoms with Gasteiger partial charge in [-0.05, 0) is 24.1 Å². The second-order valence-electron chi connectivity index (χ2n) is 6.10. The fourth-order valence-corrected chi connectivity index (χ4v) is 3.91. The van der Waals surface area contributed by atoms with E-state index in [-0.39, 0.29) is 17.5 Å². The molecule has 6 nitrogen and oxygen atoms in total. The Bertz CT molecular complexity index is 978. The summed E-state index contributed by atoms with van der Waals surface area (Å²) >= 11 is 12.0. The number of alkyl halides is 5. The molecule has 1 fully saturated rings. The summed E-state index contributed by atoms with van der Waals surface area (Å²) in [6.45, 7) is 0. The van der Waals surface area contributed by atoms with Crippen molar-refractivity contribution >= 4 is 33.2 Å². The third-order valence-electron chi connectivity index (χ3n) is 3.88. The van der Waals surface area contributed by atoms with E-state index in [2.05, 4.69) is 19.4 Å². The predicted molar refractivity (Wildman–Crippen MR) is 88.0 cm³/mol. The first-order valence-electron chi connectivity index (χ1n) is 7.34. The Morgan fingerprint density at radius 3 is 2.44 bits per heavy atom. The third-order valence-corrected chi connectivity index (χ3v) is 5.43. The van der Waals surface area contributed by atoms with E-state index in [0.717, 1.165) is 18.4 Å². The van der Waals surface area contributed by atoms with Gasteiger partial charge in [0, 0.05) is 5.92 Å². The maximum atomic E-state index is 14.5. The van der Waals surface area contributed by atoms with Crippen molar-refractivity contribution in [1.29, 1.82) is 0 Å². The molecule has 3 rings (SSSR count). The van der Waals surface area contributed by atoms with Gasteiger partial charge in [-0.2, -0.15) is 18.2 Å². The van der Waals surface area contributed by atoms with Gasteiger partial charge in [0.2, 0.25) is 15.8 Å². The number of hydrogen-bond acceptors (Lipinski definition) is 5. The van der Waals surface area contributed by atoms with E-state index < -0.39 is 50.0 Å². The van der Waals surface area contributed by atoms with Gasteiger partial charge in [-0.3, -0.25) is 0 Å². The molecule has 2 aromatic rings. The molecule has 1 aromatic heterocycles. The molecule has 1 aromatic carbocycles. The molecule has 0 bridgehead atoms. The topological polar surface area (TPSA) is 85.1 Å². The van der Waals surface area contributed by atoms with Crippen LogP contribution >= 0.6 is 23.2 Å². The highest BCUT2D eigenvalue weighted by Crippen LogP contribution is 2.58. The Hall–Kier alpha value is -1.43. The number of benzene rings is 1. The van der Waals surface area contributed by atoms with Gasteiger partial charge in [-0.1, -0.05) is 11.2 Å². The molecule has 0 spiro atoms. The quantitative estimate of drug-likeness (QED) is 0.558. The molecular weight excluding hydrogens is 437 g/mol. The van der Waals surface area contributed by atoms with Crippen molar-refractivity contribution in [1.82, 2.24) is 14.9 Å². The first kappa shape index (κ1) is 20.3. The van der Waals surface area contributed by atoms with E-state index in [9.17, 15) is 26.0 Å². The summed E-state index contributed by atoms with van der Waals surface area (Å²) in [5.41, 5.74) is -0.135. The van der Waals surface area contributed by atoms with Crippen molar-refractivity contribution < 1.29 is 30.5 Å². The highest BCUT2D eigenvalue weighted by molar-refractivity contribution is 7.88. The second kappa shape index (κ2) is 6.57. The molecule has 1 aliphatic rings. The number of halogens is 6. The van der Waals surface area contributed by atoms with E-state index in [1.807, 2.05) is 0 Å².